The smallest absolute Gasteiger partial charge is 0.183 e. The van der Waals surface area contributed by atoms with Crippen LogP contribution >= 0.6 is 11.6 Å². The van der Waals surface area contributed by atoms with Crippen molar-refractivity contribution in [2.75, 3.05) is 0 Å². The zero-order chi connectivity index (χ0) is 13.3. The fourth-order valence-corrected chi connectivity index (χ4v) is 1.90. The molecule has 1 aromatic heterocycles. The van der Waals surface area contributed by atoms with Crippen molar-refractivity contribution < 1.29 is 4.39 Å². The van der Waals surface area contributed by atoms with Gasteiger partial charge in [-0.3, -0.25) is 0 Å². The maximum Gasteiger partial charge on any atom is 0.183 e. The molecule has 18 heavy (non-hydrogen) atoms. The van der Waals surface area contributed by atoms with Crippen LogP contribution < -0.4 is 0 Å². The number of hydrogen-bond acceptors (Lipinski definition) is 3. The highest BCUT2D eigenvalue weighted by Gasteiger charge is 2.17. The van der Waals surface area contributed by atoms with E-state index in [1.165, 1.54) is 16.9 Å². The lowest BCUT2D eigenvalue weighted by Crippen LogP contribution is -2.05. The van der Waals surface area contributed by atoms with E-state index < -0.39 is 5.82 Å². The Balaban J connectivity index is 2.64. The Labute approximate surface area is 109 Å². The molecular formula is C12H10ClFN4. The van der Waals surface area contributed by atoms with E-state index in [9.17, 15) is 4.39 Å². The van der Waals surface area contributed by atoms with Gasteiger partial charge in [-0.1, -0.05) is 30.7 Å². The zero-order valence-electron chi connectivity index (χ0n) is 9.85. The molecule has 0 spiro atoms. The van der Waals surface area contributed by atoms with E-state index in [1.807, 2.05) is 19.9 Å². The van der Waals surface area contributed by atoms with Crippen LogP contribution in [-0.4, -0.2) is 15.0 Å². The molecule has 0 aliphatic rings. The van der Waals surface area contributed by atoms with Crippen molar-refractivity contribution in [1.82, 2.24) is 15.0 Å². The average Bonchev–Trinajstić information content (AvgIpc) is 2.80. The molecule has 2 aromatic rings. The van der Waals surface area contributed by atoms with Gasteiger partial charge in [-0.05, 0) is 18.1 Å². The van der Waals surface area contributed by atoms with Crippen LogP contribution in [0.15, 0.2) is 18.3 Å². The van der Waals surface area contributed by atoms with E-state index in [4.69, 9.17) is 16.9 Å². The van der Waals surface area contributed by atoms with Gasteiger partial charge < -0.3 is 0 Å². The second kappa shape index (κ2) is 4.75. The topological polar surface area (TPSA) is 54.5 Å². The molecule has 0 radical (unpaired) electrons. The fourth-order valence-electron chi connectivity index (χ4n) is 1.74. The van der Waals surface area contributed by atoms with Crippen molar-refractivity contribution in [2.24, 2.45) is 0 Å². The molecule has 0 N–H and O–H groups in total. The summed E-state index contributed by atoms with van der Waals surface area (Å²) in [5, 5.41) is 16.3. The number of hydrogen-bond donors (Lipinski definition) is 0. The molecule has 0 fully saturated rings. The molecule has 0 saturated heterocycles. The van der Waals surface area contributed by atoms with Gasteiger partial charge in [0.2, 0.25) is 0 Å². The van der Waals surface area contributed by atoms with Crippen LogP contribution in [0.4, 0.5) is 4.39 Å². The zero-order valence-corrected chi connectivity index (χ0v) is 10.6. The van der Waals surface area contributed by atoms with Crippen molar-refractivity contribution in [3.63, 3.8) is 0 Å². The van der Waals surface area contributed by atoms with Gasteiger partial charge in [0.1, 0.15) is 11.9 Å². The SMILES string of the molecule is CC(C)c1c(-n2cc(C#N)nn2)ccc(Cl)c1F. The highest BCUT2D eigenvalue weighted by atomic mass is 35.5. The minimum Gasteiger partial charge on any atom is -0.219 e. The second-order valence-corrected chi connectivity index (χ2v) is 4.52. The van der Waals surface area contributed by atoms with E-state index in [1.54, 1.807) is 6.07 Å². The fraction of sp³-hybridized carbons (Fsp3) is 0.250. The number of nitriles is 1. The maximum absolute atomic E-state index is 14.0. The van der Waals surface area contributed by atoms with Crippen LogP contribution in [-0.2, 0) is 0 Å². The van der Waals surface area contributed by atoms with Gasteiger partial charge in [0.05, 0.1) is 16.9 Å². The monoisotopic (exact) mass is 264 g/mol. The summed E-state index contributed by atoms with van der Waals surface area (Å²) < 4.78 is 15.4. The Hall–Kier alpha value is -1.93. The number of aromatic nitrogens is 3. The molecule has 4 nitrogen and oxygen atoms in total. The minimum absolute atomic E-state index is 0.0616. The first-order valence-electron chi connectivity index (χ1n) is 5.35. The molecule has 0 amide bonds. The van der Waals surface area contributed by atoms with Crippen molar-refractivity contribution >= 4 is 11.6 Å². The summed E-state index contributed by atoms with van der Waals surface area (Å²) in [5.74, 6) is -0.522. The number of rotatable bonds is 2. The first-order chi connectivity index (χ1) is 8.54. The third-order valence-corrected chi connectivity index (χ3v) is 2.83. The van der Waals surface area contributed by atoms with E-state index in [-0.39, 0.29) is 16.6 Å². The lowest BCUT2D eigenvalue weighted by Gasteiger charge is -2.14. The Morgan fingerprint density at radius 3 is 2.72 bits per heavy atom. The third-order valence-electron chi connectivity index (χ3n) is 2.54. The van der Waals surface area contributed by atoms with Crippen molar-refractivity contribution in [1.29, 1.82) is 5.26 Å². The third kappa shape index (κ3) is 2.07. The highest BCUT2D eigenvalue weighted by molar-refractivity contribution is 6.30. The Kier molecular flexibility index (Phi) is 3.30. The van der Waals surface area contributed by atoms with E-state index in [0.717, 1.165) is 0 Å². The van der Waals surface area contributed by atoms with Crippen LogP contribution in [0.1, 0.15) is 31.0 Å². The quantitative estimate of drug-likeness (QED) is 0.838. The average molecular weight is 265 g/mol. The summed E-state index contributed by atoms with van der Waals surface area (Å²) >= 11 is 5.78. The van der Waals surface area contributed by atoms with Gasteiger partial charge in [0.25, 0.3) is 0 Å². The Morgan fingerprint density at radius 2 is 2.17 bits per heavy atom. The lowest BCUT2D eigenvalue weighted by molar-refractivity contribution is 0.593. The molecule has 0 saturated carbocycles. The van der Waals surface area contributed by atoms with Crippen molar-refractivity contribution in [2.45, 2.75) is 19.8 Å². The largest absolute Gasteiger partial charge is 0.219 e. The molecule has 0 bridgehead atoms. The van der Waals surface area contributed by atoms with E-state index in [2.05, 4.69) is 10.3 Å². The highest BCUT2D eigenvalue weighted by Crippen LogP contribution is 2.30. The maximum atomic E-state index is 14.0. The van der Waals surface area contributed by atoms with Crippen molar-refractivity contribution in [3.8, 4) is 11.8 Å². The summed E-state index contributed by atoms with van der Waals surface area (Å²) in [6.45, 7) is 3.72. The van der Waals surface area contributed by atoms with Gasteiger partial charge in [0, 0.05) is 5.56 Å². The summed E-state index contributed by atoms with van der Waals surface area (Å²) in [7, 11) is 0. The lowest BCUT2D eigenvalue weighted by atomic mass is 10.0. The van der Waals surface area contributed by atoms with E-state index in [0.29, 0.717) is 11.3 Å². The second-order valence-electron chi connectivity index (χ2n) is 4.11. The molecule has 0 aliphatic heterocycles. The van der Waals surface area contributed by atoms with Crippen LogP contribution in [0, 0.1) is 17.1 Å². The summed E-state index contributed by atoms with van der Waals surface area (Å²) in [4.78, 5) is 0. The first kappa shape index (κ1) is 12.5. The van der Waals surface area contributed by atoms with Crippen LogP contribution in [0.3, 0.4) is 0 Å². The van der Waals surface area contributed by atoms with Gasteiger partial charge in [-0.2, -0.15) is 5.26 Å². The number of benzene rings is 1. The van der Waals surface area contributed by atoms with Crippen LogP contribution in [0.2, 0.25) is 5.02 Å². The van der Waals surface area contributed by atoms with Crippen LogP contribution in [0.25, 0.3) is 5.69 Å². The summed E-state index contributed by atoms with van der Waals surface area (Å²) in [5.41, 5.74) is 1.18. The predicted octanol–water partition coefficient (Wildman–Crippen LogP) is 3.05. The van der Waals surface area contributed by atoms with Gasteiger partial charge in [-0.25, -0.2) is 9.07 Å². The van der Waals surface area contributed by atoms with E-state index >= 15 is 0 Å². The van der Waals surface area contributed by atoms with Gasteiger partial charge in [0.15, 0.2) is 5.69 Å². The molecule has 0 atom stereocenters. The molecule has 0 aliphatic carbocycles. The standard InChI is InChI=1S/C12H10ClFN4/c1-7(2)11-10(4-3-9(13)12(11)14)18-6-8(5-15)16-17-18/h3-4,6-7H,1-2H3. The molecule has 6 heteroatoms. The molecule has 92 valence electrons. The summed E-state index contributed by atoms with van der Waals surface area (Å²) in [6, 6.07) is 5.00. The number of halogens is 2. The van der Waals surface area contributed by atoms with Gasteiger partial charge >= 0.3 is 0 Å². The Morgan fingerprint density at radius 1 is 1.44 bits per heavy atom. The number of nitrogens with zero attached hydrogens (tertiary/aromatic N) is 4. The molecular weight excluding hydrogens is 255 g/mol. The molecule has 1 heterocycles. The molecule has 0 unspecified atom stereocenters. The normalized spacial score (nSPS) is 10.7. The Bertz CT molecular complexity index is 627. The van der Waals surface area contributed by atoms with Crippen LogP contribution in [0.5, 0.6) is 0 Å². The molecule has 2 rings (SSSR count). The van der Waals surface area contributed by atoms with Gasteiger partial charge in [-0.15, -0.1) is 5.10 Å². The predicted molar refractivity (Wildman–Crippen MR) is 65.1 cm³/mol. The molecule has 1 aromatic carbocycles. The minimum atomic E-state index is -0.460. The summed E-state index contributed by atoms with van der Waals surface area (Å²) in [6.07, 6.45) is 1.45. The van der Waals surface area contributed by atoms with Crippen molar-refractivity contribution in [3.05, 3.63) is 40.4 Å². The first-order valence-corrected chi connectivity index (χ1v) is 5.73.